The quantitative estimate of drug-likeness (QED) is 0.412. The summed E-state index contributed by atoms with van der Waals surface area (Å²) in [5.74, 6) is 1.39. The highest BCUT2D eigenvalue weighted by Gasteiger charge is 2.78. The Morgan fingerprint density at radius 1 is 1.06 bits per heavy atom. The van der Waals surface area contributed by atoms with E-state index in [1.807, 2.05) is 60.3 Å². The monoisotopic (exact) mass is 550 g/mol. The van der Waals surface area contributed by atoms with Gasteiger partial charge in [-0.15, -0.1) is 11.8 Å². The van der Waals surface area contributed by atoms with E-state index in [9.17, 15) is 9.59 Å². The Morgan fingerprint density at radius 2 is 1.85 bits per heavy atom. The summed E-state index contributed by atoms with van der Waals surface area (Å²) < 4.78 is 0.993. The Kier molecular flexibility index (Phi) is 4.49. The fraction of sp³-hybridized carbons (Fsp3) is 0.259. The third kappa shape index (κ3) is 2.40. The van der Waals surface area contributed by atoms with Crippen molar-refractivity contribution in [1.29, 1.82) is 0 Å². The summed E-state index contributed by atoms with van der Waals surface area (Å²) in [4.78, 5) is 31.2. The fourth-order valence-corrected chi connectivity index (χ4v) is 8.85. The molecule has 3 aromatic rings. The van der Waals surface area contributed by atoms with Crippen LogP contribution in [0.25, 0.3) is 0 Å². The molecule has 1 aliphatic carbocycles. The van der Waals surface area contributed by atoms with Crippen molar-refractivity contribution in [3.05, 3.63) is 98.5 Å². The van der Waals surface area contributed by atoms with E-state index in [1.54, 1.807) is 6.07 Å². The summed E-state index contributed by atoms with van der Waals surface area (Å²) in [6.07, 6.45) is 0.528. The number of hydrogen-bond acceptors (Lipinski definition) is 4. The minimum Gasteiger partial charge on any atom is -0.324 e. The molecule has 3 aromatic carbocycles. The number of anilines is 1. The maximum atomic E-state index is 14.6. The van der Waals surface area contributed by atoms with E-state index in [0.717, 1.165) is 38.2 Å². The number of carbonyl (C=O) groups is 2. The summed E-state index contributed by atoms with van der Waals surface area (Å²) in [6, 6.07) is 21.8. The van der Waals surface area contributed by atoms with Gasteiger partial charge in [-0.2, -0.15) is 0 Å². The van der Waals surface area contributed by atoms with Crippen LogP contribution in [0.4, 0.5) is 5.69 Å². The summed E-state index contributed by atoms with van der Waals surface area (Å²) in [7, 11) is 0. The predicted molar refractivity (Wildman–Crippen MR) is 139 cm³/mol. The second-order valence-corrected chi connectivity index (χ2v) is 11.9. The number of carbonyl (C=O) groups excluding carboxylic acids is 2. The van der Waals surface area contributed by atoms with Crippen LogP contribution in [0.3, 0.4) is 0 Å². The number of fused-ring (bicyclic) bond motifs is 6. The number of ketones is 1. The molecule has 2 saturated heterocycles. The van der Waals surface area contributed by atoms with Crippen molar-refractivity contribution in [1.82, 2.24) is 4.90 Å². The van der Waals surface area contributed by atoms with Gasteiger partial charge >= 0.3 is 0 Å². The smallest absolute Gasteiger partial charge is 0.250 e. The number of amides is 1. The molecule has 1 N–H and O–H groups in total. The number of halogens is 2. The maximum absolute atomic E-state index is 14.6. The van der Waals surface area contributed by atoms with E-state index in [2.05, 4.69) is 38.3 Å². The normalized spacial score (nSPS) is 31.2. The van der Waals surface area contributed by atoms with Crippen LogP contribution in [0.5, 0.6) is 0 Å². The zero-order chi connectivity index (χ0) is 23.2. The molecule has 7 heteroatoms. The standard InChI is InChI=1S/C27H20BrClN2O2S/c28-17-7-5-15(6-8-17)23-22-13-34-14-31(22)27(20-11-18(29)9-10-21(20)30-25(27)33)26(23)12-16-3-1-2-4-19(16)24(26)32/h1-11,22-23H,12-14H2,(H,30,33)/t22-,23-,26-,27-/m0/s1. The molecule has 3 aliphatic heterocycles. The maximum Gasteiger partial charge on any atom is 0.250 e. The molecule has 4 aliphatic rings. The average Bonchev–Trinajstić information content (AvgIpc) is 3.54. The third-order valence-corrected chi connectivity index (χ3v) is 10.0. The van der Waals surface area contributed by atoms with Crippen LogP contribution in [0.1, 0.15) is 33.0 Å². The Labute approximate surface area is 215 Å². The van der Waals surface area contributed by atoms with Crippen LogP contribution in [0.2, 0.25) is 5.02 Å². The van der Waals surface area contributed by atoms with Crippen molar-refractivity contribution < 1.29 is 9.59 Å². The van der Waals surface area contributed by atoms with Gasteiger partial charge in [0, 0.05) is 49.9 Å². The molecule has 170 valence electrons. The molecular weight excluding hydrogens is 532 g/mol. The van der Waals surface area contributed by atoms with Crippen LogP contribution < -0.4 is 5.32 Å². The highest BCUT2D eigenvalue weighted by atomic mass is 79.9. The molecule has 0 saturated carbocycles. The molecule has 0 unspecified atom stereocenters. The van der Waals surface area contributed by atoms with Crippen LogP contribution in [-0.2, 0) is 16.8 Å². The van der Waals surface area contributed by atoms with Gasteiger partial charge in [-0.1, -0.05) is 63.9 Å². The lowest BCUT2D eigenvalue weighted by atomic mass is 9.58. The fourth-order valence-electron chi connectivity index (χ4n) is 7.11. The number of Topliss-reactive ketones (excluding diaryl/α,β-unsaturated/α-hetero) is 1. The predicted octanol–water partition coefficient (Wildman–Crippen LogP) is 5.85. The number of hydrogen-bond donors (Lipinski definition) is 1. The van der Waals surface area contributed by atoms with Gasteiger partial charge in [0.25, 0.3) is 5.91 Å². The average molecular weight is 552 g/mol. The Morgan fingerprint density at radius 3 is 2.65 bits per heavy atom. The van der Waals surface area contributed by atoms with Crippen molar-refractivity contribution >= 4 is 56.7 Å². The molecule has 1 amide bonds. The van der Waals surface area contributed by atoms with Crippen LogP contribution in [0, 0.1) is 5.41 Å². The van der Waals surface area contributed by atoms with Crippen LogP contribution >= 0.6 is 39.3 Å². The second kappa shape index (κ2) is 7.20. The van der Waals surface area contributed by atoms with Gasteiger partial charge in [0.05, 0.1) is 5.41 Å². The molecule has 0 radical (unpaired) electrons. The van der Waals surface area contributed by atoms with E-state index in [1.165, 1.54) is 0 Å². The van der Waals surface area contributed by atoms with E-state index in [-0.39, 0.29) is 23.7 Å². The molecule has 0 aromatic heterocycles. The molecule has 3 heterocycles. The Balaban J connectivity index is 1.59. The first-order chi connectivity index (χ1) is 16.5. The molecule has 4 nitrogen and oxygen atoms in total. The zero-order valence-corrected chi connectivity index (χ0v) is 21.2. The Bertz CT molecular complexity index is 1400. The molecule has 0 bridgehead atoms. The largest absolute Gasteiger partial charge is 0.324 e. The van der Waals surface area contributed by atoms with Gasteiger partial charge in [-0.25, -0.2) is 0 Å². The van der Waals surface area contributed by atoms with Gasteiger partial charge in [-0.3, -0.25) is 14.5 Å². The molecule has 7 rings (SSSR count). The number of nitrogens with one attached hydrogen (secondary N) is 1. The molecular formula is C27H20BrClN2O2S. The lowest BCUT2D eigenvalue weighted by molar-refractivity contribution is -0.130. The van der Waals surface area contributed by atoms with E-state index in [4.69, 9.17) is 11.6 Å². The van der Waals surface area contributed by atoms with Crippen molar-refractivity contribution in [2.45, 2.75) is 23.9 Å². The number of benzene rings is 3. The zero-order valence-electron chi connectivity index (χ0n) is 18.1. The van der Waals surface area contributed by atoms with Crippen molar-refractivity contribution in [2.75, 3.05) is 16.9 Å². The van der Waals surface area contributed by atoms with Crippen LogP contribution in [0.15, 0.2) is 71.2 Å². The lowest BCUT2D eigenvalue weighted by Gasteiger charge is -2.44. The molecule has 2 spiro atoms. The SMILES string of the molecule is O=C1Nc2ccc(Cl)cc2[C@]12N1CSC[C@H]1[C@H](c1ccc(Br)cc1)[C@]21Cc2ccccc2C1=O. The first kappa shape index (κ1) is 21.2. The van der Waals surface area contributed by atoms with Crippen molar-refractivity contribution in [3.8, 4) is 0 Å². The van der Waals surface area contributed by atoms with Crippen molar-refractivity contribution in [2.24, 2.45) is 5.41 Å². The number of nitrogens with zero attached hydrogens (tertiary/aromatic N) is 1. The van der Waals surface area contributed by atoms with Gasteiger partial charge < -0.3 is 5.32 Å². The Hall–Kier alpha value is -2.12. The number of thioether (sulfide) groups is 1. The van der Waals surface area contributed by atoms with E-state index >= 15 is 0 Å². The highest BCUT2D eigenvalue weighted by molar-refractivity contribution is 9.10. The van der Waals surface area contributed by atoms with Crippen molar-refractivity contribution in [3.63, 3.8) is 0 Å². The molecule has 34 heavy (non-hydrogen) atoms. The summed E-state index contributed by atoms with van der Waals surface area (Å²) in [6.45, 7) is 0. The first-order valence-electron chi connectivity index (χ1n) is 11.3. The number of rotatable bonds is 1. The minimum atomic E-state index is -1.12. The molecule has 2 fully saturated rings. The summed E-state index contributed by atoms with van der Waals surface area (Å²) in [5, 5.41) is 3.71. The lowest BCUT2D eigenvalue weighted by Crippen LogP contribution is -2.58. The molecule has 4 atom stereocenters. The topological polar surface area (TPSA) is 49.4 Å². The second-order valence-electron chi connectivity index (χ2n) is 9.56. The third-order valence-electron chi connectivity index (χ3n) is 8.23. The van der Waals surface area contributed by atoms with Crippen LogP contribution in [-0.4, -0.2) is 34.3 Å². The highest BCUT2D eigenvalue weighted by Crippen LogP contribution is 2.70. The van der Waals surface area contributed by atoms with E-state index in [0.29, 0.717) is 17.3 Å². The minimum absolute atomic E-state index is 0.0557. The van der Waals surface area contributed by atoms with Gasteiger partial charge in [0.1, 0.15) is 5.54 Å². The summed E-state index contributed by atoms with van der Waals surface area (Å²) in [5.41, 5.74) is 2.36. The summed E-state index contributed by atoms with van der Waals surface area (Å²) >= 11 is 11.9. The van der Waals surface area contributed by atoms with E-state index < -0.39 is 11.0 Å². The van der Waals surface area contributed by atoms with Gasteiger partial charge in [0.2, 0.25) is 0 Å². The van der Waals surface area contributed by atoms with Gasteiger partial charge in [0.15, 0.2) is 5.78 Å². The van der Waals surface area contributed by atoms with Gasteiger partial charge in [-0.05, 0) is 47.9 Å². The first-order valence-corrected chi connectivity index (χ1v) is 13.7.